The van der Waals surface area contributed by atoms with Crippen molar-refractivity contribution in [1.29, 1.82) is 0 Å². The van der Waals surface area contributed by atoms with Crippen LogP contribution in [0.2, 0.25) is 5.02 Å². The molecule has 0 fully saturated rings. The van der Waals surface area contributed by atoms with Crippen LogP contribution in [0.1, 0.15) is 24.1 Å². The second kappa shape index (κ2) is 6.25. The number of pyridine rings is 1. The van der Waals surface area contributed by atoms with Gasteiger partial charge in [0.2, 0.25) is 0 Å². The van der Waals surface area contributed by atoms with Gasteiger partial charge in [0.1, 0.15) is 0 Å². The second-order valence-electron chi connectivity index (χ2n) is 5.00. The zero-order valence-corrected chi connectivity index (χ0v) is 12.6. The van der Waals surface area contributed by atoms with Gasteiger partial charge >= 0.3 is 0 Å². The lowest BCUT2D eigenvalue weighted by molar-refractivity contribution is 0.629. The first-order valence-electron chi connectivity index (χ1n) is 7.11. The van der Waals surface area contributed by atoms with Gasteiger partial charge in [0.15, 0.2) is 0 Å². The molecule has 21 heavy (non-hydrogen) atoms. The van der Waals surface area contributed by atoms with E-state index in [9.17, 15) is 0 Å². The van der Waals surface area contributed by atoms with E-state index in [4.69, 9.17) is 11.6 Å². The Labute approximate surface area is 129 Å². The minimum atomic E-state index is 0.129. The van der Waals surface area contributed by atoms with Crippen molar-refractivity contribution in [3.8, 4) is 0 Å². The lowest BCUT2D eigenvalue weighted by Crippen LogP contribution is -2.22. The van der Waals surface area contributed by atoms with Crippen molar-refractivity contribution >= 4 is 22.5 Å². The van der Waals surface area contributed by atoms with E-state index in [1.165, 1.54) is 5.56 Å². The summed E-state index contributed by atoms with van der Waals surface area (Å²) in [5.41, 5.74) is 3.38. The molecule has 0 amide bonds. The van der Waals surface area contributed by atoms with Gasteiger partial charge in [-0.15, -0.1) is 0 Å². The van der Waals surface area contributed by atoms with E-state index in [1.54, 1.807) is 0 Å². The number of para-hydroxylation sites is 1. The highest BCUT2D eigenvalue weighted by molar-refractivity contribution is 6.30. The maximum Gasteiger partial charge on any atom is 0.0702 e. The average molecular weight is 297 g/mol. The third kappa shape index (κ3) is 3.07. The largest absolute Gasteiger partial charge is 0.306 e. The minimum absolute atomic E-state index is 0.129. The molecule has 2 nitrogen and oxygen atoms in total. The quantitative estimate of drug-likeness (QED) is 0.762. The molecule has 106 valence electrons. The van der Waals surface area contributed by atoms with E-state index in [1.807, 2.05) is 36.5 Å². The maximum absolute atomic E-state index is 5.98. The van der Waals surface area contributed by atoms with Gasteiger partial charge in [-0.1, -0.05) is 48.9 Å². The van der Waals surface area contributed by atoms with Crippen molar-refractivity contribution in [3.63, 3.8) is 0 Å². The molecule has 0 saturated carbocycles. The summed E-state index contributed by atoms with van der Waals surface area (Å²) in [5, 5.41) is 5.43. The molecular formula is C18H17ClN2. The van der Waals surface area contributed by atoms with Crippen LogP contribution in [0, 0.1) is 0 Å². The van der Waals surface area contributed by atoms with Crippen molar-refractivity contribution < 1.29 is 0 Å². The van der Waals surface area contributed by atoms with Gasteiger partial charge in [-0.2, -0.15) is 0 Å². The zero-order chi connectivity index (χ0) is 14.7. The summed E-state index contributed by atoms with van der Waals surface area (Å²) in [6.45, 7) is 3.00. The number of nitrogens with zero attached hydrogens (tertiary/aromatic N) is 1. The Kier molecular flexibility index (Phi) is 4.18. The fourth-order valence-electron chi connectivity index (χ4n) is 2.53. The Morgan fingerprint density at radius 3 is 2.57 bits per heavy atom. The Bertz CT molecular complexity index is 738. The van der Waals surface area contributed by atoms with Crippen LogP contribution in [-0.4, -0.2) is 11.5 Å². The number of hydrogen-bond donors (Lipinski definition) is 1. The van der Waals surface area contributed by atoms with Gasteiger partial charge in [0.05, 0.1) is 11.6 Å². The number of benzene rings is 2. The topological polar surface area (TPSA) is 24.9 Å². The van der Waals surface area contributed by atoms with Gasteiger partial charge in [-0.05, 0) is 41.9 Å². The van der Waals surface area contributed by atoms with Crippen LogP contribution in [0.25, 0.3) is 10.9 Å². The first-order valence-corrected chi connectivity index (χ1v) is 7.49. The van der Waals surface area contributed by atoms with Crippen molar-refractivity contribution in [2.75, 3.05) is 6.54 Å². The van der Waals surface area contributed by atoms with Crippen LogP contribution in [0.4, 0.5) is 0 Å². The maximum atomic E-state index is 5.98. The predicted octanol–water partition coefficient (Wildman–Crippen LogP) is 4.59. The SMILES string of the molecule is CCNC(c1ccc(Cl)cc1)c1cnc2ccccc2c1. The van der Waals surface area contributed by atoms with Crippen molar-refractivity contribution in [2.45, 2.75) is 13.0 Å². The van der Waals surface area contributed by atoms with E-state index in [2.05, 4.69) is 41.5 Å². The van der Waals surface area contributed by atoms with E-state index in [-0.39, 0.29) is 6.04 Å². The fourth-order valence-corrected chi connectivity index (χ4v) is 2.66. The van der Waals surface area contributed by atoms with Crippen LogP contribution >= 0.6 is 11.6 Å². The summed E-state index contributed by atoms with van der Waals surface area (Å²) in [5.74, 6) is 0. The molecule has 0 aliphatic heterocycles. The number of aromatic nitrogens is 1. The highest BCUT2D eigenvalue weighted by atomic mass is 35.5. The molecule has 0 radical (unpaired) electrons. The predicted molar refractivity (Wildman–Crippen MR) is 88.7 cm³/mol. The third-order valence-electron chi connectivity index (χ3n) is 3.56. The molecule has 3 heteroatoms. The van der Waals surface area contributed by atoms with E-state index >= 15 is 0 Å². The normalized spacial score (nSPS) is 12.5. The number of hydrogen-bond acceptors (Lipinski definition) is 2. The number of rotatable bonds is 4. The first kappa shape index (κ1) is 14.1. The zero-order valence-electron chi connectivity index (χ0n) is 11.9. The number of halogens is 1. The molecule has 1 aromatic heterocycles. The molecule has 3 aromatic rings. The molecule has 1 unspecified atom stereocenters. The monoisotopic (exact) mass is 296 g/mol. The van der Waals surface area contributed by atoms with Crippen molar-refractivity contribution in [1.82, 2.24) is 10.3 Å². The van der Waals surface area contributed by atoms with Crippen LogP contribution in [-0.2, 0) is 0 Å². The summed E-state index contributed by atoms with van der Waals surface area (Å²) in [6, 6.07) is 18.5. The van der Waals surface area contributed by atoms with E-state index < -0.39 is 0 Å². The molecule has 1 N–H and O–H groups in total. The Morgan fingerprint density at radius 2 is 1.81 bits per heavy atom. The van der Waals surface area contributed by atoms with Crippen molar-refractivity contribution in [3.05, 3.63) is 76.9 Å². The van der Waals surface area contributed by atoms with Crippen molar-refractivity contribution in [2.24, 2.45) is 0 Å². The van der Waals surface area contributed by atoms with Gasteiger partial charge in [0.25, 0.3) is 0 Å². The molecule has 0 aliphatic rings. The van der Waals surface area contributed by atoms with Gasteiger partial charge < -0.3 is 5.32 Å². The number of nitrogens with one attached hydrogen (secondary N) is 1. The molecule has 2 aromatic carbocycles. The van der Waals surface area contributed by atoms with Gasteiger partial charge in [-0.3, -0.25) is 4.98 Å². The summed E-state index contributed by atoms with van der Waals surface area (Å²) < 4.78 is 0. The van der Waals surface area contributed by atoms with Gasteiger partial charge in [0, 0.05) is 16.6 Å². The molecule has 1 heterocycles. The summed E-state index contributed by atoms with van der Waals surface area (Å²) in [6.07, 6.45) is 1.95. The Hall–Kier alpha value is -1.90. The van der Waals surface area contributed by atoms with Gasteiger partial charge in [-0.25, -0.2) is 0 Å². The highest BCUT2D eigenvalue weighted by Crippen LogP contribution is 2.25. The highest BCUT2D eigenvalue weighted by Gasteiger charge is 2.13. The molecule has 1 atom stereocenters. The standard InChI is InChI=1S/C18H17ClN2/c1-2-20-18(13-7-9-16(19)10-8-13)15-11-14-5-3-4-6-17(14)21-12-15/h3-12,18,20H,2H2,1H3. The molecule has 0 aliphatic carbocycles. The van der Waals surface area contributed by atoms with Crippen LogP contribution in [0.3, 0.4) is 0 Å². The van der Waals surface area contributed by atoms with Crippen LogP contribution < -0.4 is 5.32 Å². The molecule has 0 bridgehead atoms. The summed E-state index contributed by atoms with van der Waals surface area (Å²) in [7, 11) is 0. The lowest BCUT2D eigenvalue weighted by Gasteiger charge is -2.19. The van der Waals surface area contributed by atoms with Crippen LogP contribution in [0.5, 0.6) is 0 Å². The Balaban J connectivity index is 2.04. The minimum Gasteiger partial charge on any atom is -0.306 e. The summed E-state index contributed by atoms with van der Waals surface area (Å²) >= 11 is 5.98. The Morgan fingerprint density at radius 1 is 1.05 bits per heavy atom. The smallest absolute Gasteiger partial charge is 0.0702 e. The molecule has 3 rings (SSSR count). The van der Waals surface area contributed by atoms with E-state index in [0.29, 0.717) is 0 Å². The average Bonchev–Trinajstić information content (AvgIpc) is 2.53. The van der Waals surface area contributed by atoms with E-state index in [0.717, 1.165) is 28.0 Å². The molecule has 0 saturated heterocycles. The molecular weight excluding hydrogens is 280 g/mol. The fraction of sp³-hybridized carbons (Fsp3) is 0.167. The third-order valence-corrected chi connectivity index (χ3v) is 3.81. The first-order chi connectivity index (χ1) is 10.3. The summed E-state index contributed by atoms with van der Waals surface area (Å²) in [4.78, 5) is 4.56. The second-order valence-corrected chi connectivity index (χ2v) is 5.44. The number of fused-ring (bicyclic) bond motifs is 1. The molecule has 0 spiro atoms. The van der Waals surface area contributed by atoms with Crippen LogP contribution in [0.15, 0.2) is 60.8 Å². The lowest BCUT2D eigenvalue weighted by atomic mass is 9.99.